The van der Waals surface area contributed by atoms with Crippen molar-refractivity contribution in [2.45, 2.75) is 35.2 Å². The van der Waals surface area contributed by atoms with E-state index in [1.807, 2.05) is 0 Å². The Morgan fingerprint density at radius 1 is 0.818 bits per heavy atom. The third-order valence-electron chi connectivity index (χ3n) is 2.51. The summed E-state index contributed by atoms with van der Waals surface area (Å²) in [5, 5.41) is -5.81. The number of aliphatic imine (C=N–C) groups is 1. The molecule has 0 aromatic heterocycles. The van der Waals surface area contributed by atoms with E-state index in [2.05, 4.69) is 22.1 Å². The van der Waals surface area contributed by atoms with E-state index in [9.17, 15) is 48.3 Å². The first-order valence-electron chi connectivity index (χ1n) is 4.66. The number of ether oxygens (including phenoxy) is 1. The summed E-state index contributed by atoms with van der Waals surface area (Å²) in [4.78, 5) is 1.57. The average Bonchev–Trinajstić information content (AvgIpc) is 2.49. The first-order valence-corrected chi connectivity index (χ1v) is 5.04. The largest absolute Gasteiger partial charge is 0.446 e. The van der Waals surface area contributed by atoms with Gasteiger partial charge in [-0.05, 0) is 11.6 Å². The summed E-state index contributed by atoms with van der Waals surface area (Å²) >= 11 is 4.00. The van der Waals surface area contributed by atoms with Gasteiger partial charge in [0.1, 0.15) is 5.84 Å². The summed E-state index contributed by atoms with van der Waals surface area (Å²) in [5.41, 5.74) is -7.29. The molecular formula is C7H2ClF11N2O. The second-order valence-electron chi connectivity index (χ2n) is 3.92. The van der Waals surface area contributed by atoms with Crippen LogP contribution in [0.5, 0.6) is 0 Å². The molecule has 3 nitrogen and oxygen atoms in total. The van der Waals surface area contributed by atoms with E-state index in [0.29, 0.717) is 0 Å². The van der Waals surface area contributed by atoms with Gasteiger partial charge in [0, 0.05) is 0 Å². The van der Waals surface area contributed by atoms with E-state index in [-0.39, 0.29) is 0 Å². The number of hydrogen-bond acceptors (Lipinski definition) is 3. The first kappa shape index (κ1) is 19.0. The molecule has 0 aromatic carbocycles. The second kappa shape index (κ2) is 4.49. The maximum absolute atomic E-state index is 12.9. The van der Waals surface area contributed by atoms with Gasteiger partial charge in [0.25, 0.3) is 0 Å². The van der Waals surface area contributed by atoms with Gasteiger partial charge in [-0.25, -0.2) is 4.99 Å². The molecule has 0 amide bonds. The molecule has 0 spiro atoms. The molecule has 0 bridgehead atoms. The maximum Gasteiger partial charge on any atom is 0.446 e. The average molecular weight is 375 g/mol. The summed E-state index contributed by atoms with van der Waals surface area (Å²) in [6.45, 7) is 0. The third kappa shape index (κ3) is 2.26. The predicted octanol–water partition coefficient (Wildman–Crippen LogP) is 3.33. The first-order chi connectivity index (χ1) is 9.33. The minimum atomic E-state index is -6.67. The Balaban J connectivity index is 3.72. The molecule has 1 heterocycles. The van der Waals surface area contributed by atoms with Crippen molar-refractivity contribution in [3.8, 4) is 0 Å². The quantitative estimate of drug-likeness (QED) is 0.565. The fourth-order valence-corrected chi connectivity index (χ4v) is 1.70. The molecule has 15 heteroatoms. The van der Waals surface area contributed by atoms with E-state index in [4.69, 9.17) is 0 Å². The highest BCUT2D eigenvalue weighted by molar-refractivity contribution is 6.22. The van der Waals surface area contributed by atoms with Gasteiger partial charge in [-0.1, -0.05) is 0 Å². The van der Waals surface area contributed by atoms with E-state index >= 15 is 0 Å². The van der Waals surface area contributed by atoms with Gasteiger partial charge in [-0.3, -0.25) is 0 Å². The summed E-state index contributed by atoms with van der Waals surface area (Å²) in [5.74, 6) is -2.90. The maximum atomic E-state index is 12.9. The molecule has 1 rings (SSSR count). The zero-order chi connectivity index (χ0) is 18.0. The fraction of sp³-hybridized carbons (Fsp3) is 0.857. The van der Waals surface area contributed by atoms with Crippen LogP contribution in [-0.2, 0) is 4.74 Å². The normalized spacial score (nSPS) is 27.0. The number of alkyl halides is 12. The Morgan fingerprint density at radius 2 is 1.18 bits per heavy atom. The van der Waals surface area contributed by atoms with E-state index < -0.39 is 41.1 Å². The number of nitrogens with zero attached hydrogens (tertiary/aromatic N) is 1. The zero-order valence-corrected chi connectivity index (χ0v) is 10.2. The Labute approximate surface area is 117 Å². The molecule has 130 valence electrons. The molecular weight excluding hydrogens is 373 g/mol. The van der Waals surface area contributed by atoms with Crippen LogP contribution in [0.2, 0.25) is 0 Å². The zero-order valence-electron chi connectivity index (χ0n) is 9.47. The monoisotopic (exact) mass is 374 g/mol. The minimum absolute atomic E-state index is 1.57. The number of rotatable bonds is 1. The molecule has 1 atom stereocenters. The second-order valence-corrected chi connectivity index (χ2v) is 4.39. The molecule has 2 N–H and O–H groups in total. The van der Waals surface area contributed by atoms with Crippen LogP contribution in [0.15, 0.2) is 4.99 Å². The Morgan fingerprint density at radius 3 is 1.32 bits per heavy atom. The van der Waals surface area contributed by atoms with Crippen molar-refractivity contribution < 1.29 is 53.0 Å². The molecule has 0 saturated heterocycles. The van der Waals surface area contributed by atoms with Gasteiger partial charge in [0.2, 0.25) is 0 Å². The topological polar surface area (TPSA) is 47.6 Å². The van der Waals surface area contributed by atoms with Crippen molar-refractivity contribution in [2.75, 3.05) is 0 Å². The molecule has 0 fully saturated rings. The SMILES string of the molecule is NC1=NC(C(F)(F)F)(C(F)(F)Cl)OC1(C(F)(F)F)C(F)(F)F. The van der Waals surface area contributed by atoms with Crippen molar-refractivity contribution in [3.63, 3.8) is 0 Å². The van der Waals surface area contributed by atoms with Crippen LogP contribution in [0.25, 0.3) is 0 Å². The molecule has 0 radical (unpaired) electrons. The van der Waals surface area contributed by atoms with Crippen molar-refractivity contribution in [1.29, 1.82) is 0 Å². The van der Waals surface area contributed by atoms with E-state index in [0.717, 1.165) is 0 Å². The van der Waals surface area contributed by atoms with Crippen molar-refractivity contribution in [2.24, 2.45) is 10.7 Å². The minimum Gasteiger partial charge on any atom is -0.384 e. The van der Waals surface area contributed by atoms with Crippen molar-refractivity contribution >= 4 is 17.4 Å². The number of hydrogen-bond donors (Lipinski definition) is 1. The third-order valence-corrected chi connectivity index (χ3v) is 2.76. The molecule has 0 aliphatic carbocycles. The number of halogens is 12. The summed E-state index contributed by atoms with van der Waals surface area (Å²) in [6, 6.07) is 0. The van der Waals surface area contributed by atoms with Gasteiger partial charge in [0.05, 0.1) is 0 Å². The van der Waals surface area contributed by atoms with Gasteiger partial charge < -0.3 is 10.5 Å². The number of nitrogens with two attached hydrogens (primary N) is 1. The van der Waals surface area contributed by atoms with Crippen LogP contribution in [0.3, 0.4) is 0 Å². The molecule has 0 aromatic rings. The lowest BCUT2D eigenvalue weighted by atomic mass is 10.0. The Kier molecular flexibility index (Phi) is 3.88. The van der Waals surface area contributed by atoms with Gasteiger partial charge in [-0.15, -0.1) is 0 Å². The van der Waals surface area contributed by atoms with Crippen LogP contribution < -0.4 is 5.73 Å². The highest BCUT2D eigenvalue weighted by Crippen LogP contribution is 2.59. The Bertz CT molecular complexity index is 457. The summed E-state index contributed by atoms with van der Waals surface area (Å²) < 4.78 is 142. The van der Waals surface area contributed by atoms with E-state index in [1.165, 1.54) is 0 Å². The van der Waals surface area contributed by atoms with Crippen molar-refractivity contribution in [3.05, 3.63) is 0 Å². The van der Waals surface area contributed by atoms with Crippen LogP contribution >= 0.6 is 11.6 Å². The summed E-state index contributed by atoms with van der Waals surface area (Å²) in [6.07, 6.45) is -19.9. The van der Waals surface area contributed by atoms with Gasteiger partial charge in [-0.2, -0.15) is 48.3 Å². The Hall–Kier alpha value is -1.05. The molecule has 0 saturated carbocycles. The highest BCUT2D eigenvalue weighted by Gasteiger charge is 2.87. The van der Waals surface area contributed by atoms with E-state index in [1.54, 1.807) is 4.99 Å². The van der Waals surface area contributed by atoms with Crippen LogP contribution in [0.4, 0.5) is 48.3 Å². The van der Waals surface area contributed by atoms with Crippen molar-refractivity contribution in [1.82, 2.24) is 0 Å². The predicted molar refractivity (Wildman–Crippen MR) is 47.1 cm³/mol. The standard InChI is InChI=1S/C7H2ClF11N2O/c8-4(9,10)3(7(17,18)19)21-1(20)2(22-3,5(11,12)13)6(14,15)16/h(H2,20,21). The molecule has 1 aliphatic heterocycles. The van der Waals surface area contributed by atoms with Crippen LogP contribution in [0.1, 0.15) is 0 Å². The lowest BCUT2D eigenvalue weighted by Crippen LogP contribution is -2.67. The highest BCUT2D eigenvalue weighted by atomic mass is 35.5. The molecule has 1 aliphatic rings. The summed E-state index contributed by atoms with van der Waals surface area (Å²) in [7, 11) is 0. The fourth-order valence-electron chi connectivity index (χ4n) is 1.52. The van der Waals surface area contributed by atoms with Gasteiger partial charge >= 0.3 is 35.2 Å². The lowest BCUT2D eigenvalue weighted by molar-refractivity contribution is -0.412. The molecule has 1 unspecified atom stereocenters. The number of amidine groups is 1. The smallest absolute Gasteiger partial charge is 0.384 e. The lowest BCUT2D eigenvalue weighted by Gasteiger charge is -2.38. The molecule has 22 heavy (non-hydrogen) atoms. The van der Waals surface area contributed by atoms with Gasteiger partial charge in [0.15, 0.2) is 0 Å². The van der Waals surface area contributed by atoms with Crippen LogP contribution in [-0.4, -0.2) is 41.1 Å². The van der Waals surface area contributed by atoms with Crippen LogP contribution in [0, 0.1) is 0 Å².